The normalized spacial score (nSPS) is 32.9. The zero-order chi connectivity index (χ0) is 18.3. The molecule has 134 valence electrons. The molecule has 0 radical (unpaired) electrons. The van der Waals surface area contributed by atoms with Crippen molar-refractivity contribution in [3.05, 3.63) is 35.5 Å². The van der Waals surface area contributed by atoms with E-state index in [2.05, 4.69) is 35.0 Å². The molecular weight excluding hydrogens is 312 g/mol. The summed E-state index contributed by atoms with van der Waals surface area (Å²) in [6.07, 6.45) is 4.58. The Labute approximate surface area is 150 Å². The van der Waals surface area contributed by atoms with Crippen LogP contribution in [0.15, 0.2) is 24.3 Å². The average Bonchev–Trinajstić information content (AvgIpc) is 3.04. The number of esters is 1. The van der Waals surface area contributed by atoms with Gasteiger partial charge in [-0.3, -0.25) is 4.79 Å². The quantitative estimate of drug-likeness (QED) is 0.844. The number of methoxy groups -OCH3 is 1. The smallest absolute Gasteiger partial charge is 0.314 e. The van der Waals surface area contributed by atoms with Gasteiger partial charge < -0.3 is 14.6 Å². The number of fused-ring (bicyclic) bond motifs is 5. The van der Waals surface area contributed by atoms with Crippen molar-refractivity contribution in [1.29, 1.82) is 0 Å². The summed E-state index contributed by atoms with van der Waals surface area (Å²) in [6.45, 7) is 3.78. The predicted molar refractivity (Wildman–Crippen MR) is 99.8 cm³/mol. The number of rotatable bonds is 2. The Balaban J connectivity index is 1.89. The maximum absolute atomic E-state index is 12.8. The van der Waals surface area contributed by atoms with Crippen LogP contribution in [-0.4, -0.2) is 42.6 Å². The number of carbonyl (C=O) groups is 1. The van der Waals surface area contributed by atoms with Crippen molar-refractivity contribution in [2.24, 2.45) is 5.41 Å². The Morgan fingerprint density at radius 2 is 2.28 bits per heavy atom. The van der Waals surface area contributed by atoms with Gasteiger partial charge in [-0.2, -0.15) is 0 Å². The molecule has 2 bridgehead atoms. The second-order valence-electron chi connectivity index (χ2n) is 7.58. The first-order valence-corrected chi connectivity index (χ1v) is 9.43. The van der Waals surface area contributed by atoms with Crippen LogP contribution in [0.4, 0.5) is 0 Å². The van der Waals surface area contributed by atoms with E-state index >= 15 is 0 Å². The summed E-state index contributed by atoms with van der Waals surface area (Å²) in [7, 11) is 1.47. The van der Waals surface area contributed by atoms with E-state index in [1.165, 1.54) is 18.1 Å². The van der Waals surface area contributed by atoms with Crippen LogP contribution < -0.4 is 0 Å². The van der Waals surface area contributed by atoms with Gasteiger partial charge >= 0.3 is 5.97 Å². The summed E-state index contributed by atoms with van der Waals surface area (Å²) in [5.41, 5.74) is 3.16. The Kier molecular flexibility index (Phi) is 4.01. The minimum absolute atomic E-state index is 0.157. The van der Waals surface area contributed by atoms with Crippen molar-refractivity contribution < 1.29 is 10.9 Å². The van der Waals surface area contributed by atoms with Crippen molar-refractivity contribution in [1.82, 2.24) is 9.88 Å². The molecule has 1 N–H and O–H groups in total. The monoisotopic (exact) mass is 341 g/mol. The highest BCUT2D eigenvalue weighted by Crippen LogP contribution is 2.44. The molecule has 4 atom stereocenters. The van der Waals surface area contributed by atoms with Crippen molar-refractivity contribution in [3.8, 4) is 0 Å². The summed E-state index contributed by atoms with van der Waals surface area (Å²) in [4.78, 5) is 18.6. The van der Waals surface area contributed by atoms with Gasteiger partial charge in [0.1, 0.15) is 0 Å². The molecule has 25 heavy (non-hydrogen) atoms. The van der Waals surface area contributed by atoms with Crippen LogP contribution >= 0.6 is 0 Å². The first-order chi connectivity index (χ1) is 12.6. The van der Waals surface area contributed by atoms with Crippen molar-refractivity contribution in [2.75, 3.05) is 26.7 Å². The number of hydrogen-bond acceptors (Lipinski definition) is 3. The summed E-state index contributed by atoms with van der Waals surface area (Å²) < 4.78 is 14.2. The number of piperidine rings is 1. The summed E-state index contributed by atoms with van der Waals surface area (Å²) in [5.74, 6) is -0.509. The van der Waals surface area contributed by atoms with Crippen LogP contribution in [0.3, 0.4) is 0 Å². The minimum atomic E-state index is -0.326. The number of benzene rings is 1. The lowest BCUT2D eigenvalue weighted by atomic mass is 9.71. The largest absolute Gasteiger partial charge is 0.469 e. The van der Waals surface area contributed by atoms with Crippen LogP contribution in [0.2, 0.25) is 0 Å². The Morgan fingerprint density at radius 3 is 3.08 bits per heavy atom. The van der Waals surface area contributed by atoms with E-state index in [1.807, 2.05) is 6.07 Å². The Morgan fingerprint density at radius 1 is 1.44 bits per heavy atom. The zero-order valence-electron chi connectivity index (χ0n) is 16.2. The lowest BCUT2D eigenvalue weighted by molar-refractivity contribution is -0.143. The number of hydrogen-bond donors (Lipinski definition) is 1. The first-order valence-electron chi connectivity index (χ1n) is 10.0. The molecule has 1 aromatic heterocycles. The molecule has 4 nitrogen and oxygen atoms in total. The molecule has 2 aromatic rings. The molecule has 0 saturated carbocycles. The van der Waals surface area contributed by atoms with Crippen LogP contribution in [0.5, 0.6) is 0 Å². The van der Waals surface area contributed by atoms with Gasteiger partial charge in [-0.1, -0.05) is 25.1 Å². The summed E-state index contributed by atoms with van der Waals surface area (Å²) >= 11 is 0. The predicted octanol–water partition coefficient (Wildman–Crippen LogP) is 3.86. The van der Waals surface area contributed by atoms with Gasteiger partial charge in [-0.25, -0.2) is 0 Å². The highest BCUT2D eigenvalue weighted by Gasteiger charge is 2.41. The molecule has 0 aliphatic carbocycles. The Hall–Kier alpha value is -1.81. The van der Waals surface area contributed by atoms with Crippen molar-refractivity contribution in [2.45, 2.75) is 44.9 Å². The molecule has 2 unspecified atom stereocenters. The highest BCUT2D eigenvalue weighted by atomic mass is 16.5. The lowest BCUT2D eigenvalue weighted by Crippen LogP contribution is -2.44. The lowest BCUT2D eigenvalue weighted by Gasteiger charge is -2.43. The number of carbonyl (C=O) groups excluding carboxylic acids is 1. The van der Waals surface area contributed by atoms with E-state index in [1.54, 1.807) is 0 Å². The molecule has 3 heterocycles. The van der Waals surface area contributed by atoms with Crippen LogP contribution in [-0.2, 0) is 16.0 Å². The third-order valence-electron chi connectivity index (χ3n) is 6.22. The number of ether oxygens (including phenoxy) is 1. The van der Waals surface area contributed by atoms with E-state index in [-0.39, 0.29) is 23.8 Å². The second-order valence-corrected chi connectivity index (χ2v) is 7.58. The first kappa shape index (κ1) is 15.4. The van der Waals surface area contributed by atoms with Crippen LogP contribution in [0, 0.1) is 5.41 Å². The topological polar surface area (TPSA) is 45.3 Å². The molecule has 4 heteroatoms. The maximum Gasteiger partial charge on any atom is 0.314 e. The van der Waals surface area contributed by atoms with Gasteiger partial charge in [0, 0.05) is 31.0 Å². The van der Waals surface area contributed by atoms with Gasteiger partial charge in [0.25, 0.3) is 0 Å². The number of para-hydroxylation sites is 1. The van der Waals surface area contributed by atoms with E-state index < -0.39 is 0 Å². The number of H-pyrrole nitrogens is 1. The third kappa shape index (κ3) is 2.86. The molecule has 1 fully saturated rings. The molecule has 2 aliphatic rings. The molecule has 0 spiro atoms. The fraction of sp³-hybridized carbons (Fsp3) is 0.571. The highest BCUT2D eigenvalue weighted by molar-refractivity contribution is 5.88. The third-order valence-corrected chi connectivity index (χ3v) is 6.22. The number of nitrogens with zero attached hydrogens (tertiary/aromatic N) is 1. The number of aromatic amines is 1. The van der Waals surface area contributed by atoms with Crippen molar-refractivity contribution >= 4 is 16.9 Å². The van der Waals surface area contributed by atoms with E-state index in [0.29, 0.717) is 6.42 Å². The SMILES string of the molecule is [2H]C1N2CCC[C@@]1(CC)C[C@H](C(=O)OC)c1[nH]c3ccccc3c1CC2. The van der Waals surface area contributed by atoms with Crippen LogP contribution in [0.25, 0.3) is 10.9 Å². The van der Waals surface area contributed by atoms with Gasteiger partial charge in [0.2, 0.25) is 0 Å². The standard InChI is InChI=1S/C21H28N2O2/c1-3-21-10-6-11-23(14-21)12-9-16-15-7-4-5-8-18(15)22-19(16)17(13-21)20(24)25-2/h4-5,7-8,17,22H,3,6,9-14H2,1-2H3/t17-,21-/m0/s1/i14D/t14?,17-,21-. The molecule has 1 aromatic carbocycles. The summed E-state index contributed by atoms with van der Waals surface area (Å²) in [6, 6.07) is 8.28. The fourth-order valence-electron chi connectivity index (χ4n) is 4.79. The van der Waals surface area contributed by atoms with E-state index in [4.69, 9.17) is 6.11 Å². The fourth-order valence-corrected chi connectivity index (χ4v) is 4.79. The van der Waals surface area contributed by atoms with Gasteiger partial charge in [-0.15, -0.1) is 0 Å². The zero-order valence-corrected chi connectivity index (χ0v) is 15.2. The Bertz CT molecular complexity index is 817. The maximum atomic E-state index is 12.8. The van der Waals surface area contributed by atoms with E-state index in [9.17, 15) is 4.79 Å². The van der Waals surface area contributed by atoms with E-state index in [0.717, 1.165) is 50.0 Å². The molecule has 2 aliphatic heterocycles. The average molecular weight is 341 g/mol. The van der Waals surface area contributed by atoms with Crippen LogP contribution in [0.1, 0.15) is 51.2 Å². The summed E-state index contributed by atoms with van der Waals surface area (Å²) in [5, 5.41) is 1.20. The molecule has 0 amide bonds. The number of aromatic nitrogens is 1. The minimum Gasteiger partial charge on any atom is -0.469 e. The molecular formula is C21H28N2O2. The van der Waals surface area contributed by atoms with Crippen molar-refractivity contribution in [3.63, 3.8) is 0 Å². The molecule has 4 rings (SSSR count). The molecule has 1 saturated heterocycles. The second kappa shape index (κ2) is 6.49. The van der Waals surface area contributed by atoms with Gasteiger partial charge in [0.15, 0.2) is 0 Å². The van der Waals surface area contributed by atoms with Gasteiger partial charge in [0.05, 0.1) is 13.0 Å². The van der Waals surface area contributed by atoms with Gasteiger partial charge in [-0.05, 0) is 55.7 Å². The number of nitrogens with one attached hydrogen (secondary N) is 1.